The molecule has 0 saturated heterocycles. The van der Waals surface area contributed by atoms with E-state index in [9.17, 15) is 8.76 Å². The van der Waals surface area contributed by atoms with Crippen LogP contribution < -0.4 is 0 Å². The van der Waals surface area contributed by atoms with E-state index in [-0.39, 0.29) is 4.90 Å². The highest BCUT2D eigenvalue weighted by molar-refractivity contribution is 7.79. The molecule has 1 heterocycles. The average molecular weight is 208 g/mol. The molecule has 0 aliphatic carbocycles. The molecule has 0 radical (unpaired) electrons. The van der Waals surface area contributed by atoms with Crippen molar-refractivity contribution in [3.8, 4) is 5.69 Å². The molecule has 6 heteroatoms. The predicted molar refractivity (Wildman–Crippen MR) is 48.5 cm³/mol. The lowest BCUT2D eigenvalue weighted by Crippen LogP contribution is -1.98. The molecule has 1 aromatic heterocycles. The molecule has 0 fully saturated rings. The monoisotopic (exact) mass is 208 g/mol. The minimum atomic E-state index is -2.18. The first-order valence-corrected chi connectivity index (χ1v) is 4.91. The van der Waals surface area contributed by atoms with Crippen molar-refractivity contribution < 1.29 is 8.76 Å². The molecule has 0 amide bonds. The summed E-state index contributed by atoms with van der Waals surface area (Å²) in [6, 6.07) is 6.29. The fourth-order valence-electron chi connectivity index (χ4n) is 1.04. The molecule has 0 spiro atoms. The topological polar surface area (TPSA) is 70.8 Å². The van der Waals surface area contributed by atoms with E-state index in [1.807, 2.05) is 0 Å². The highest BCUT2D eigenvalue weighted by atomic mass is 32.2. The Kier molecular flexibility index (Phi) is 2.38. The van der Waals surface area contributed by atoms with Crippen LogP contribution in [0.4, 0.5) is 0 Å². The van der Waals surface area contributed by atoms with Crippen LogP contribution in [0.25, 0.3) is 5.69 Å². The maximum Gasteiger partial charge on any atom is 0.0857 e. The summed E-state index contributed by atoms with van der Waals surface area (Å²) in [5.41, 5.74) is 0.726. The third-order valence-electron chi connectivity index (χ3n) is 1.68. The van der Waals surface area contributed by atoms with Crippen LogP contribution >= 0.6 is 0 Å². The van der Waals surface area contributed by atoms with Crippen molar-refractivity contribution in [1.29, 1.82) is 0 Å². The molecule has 0 N–H and O–H groups in total. The van der Waals surface area contributed by atoms with E-state index in [4.69, 9.17) is 0 Å². The number of rotatable bonds is 2. The highest BCUT2D eigenvalue weighted by Crippen LogP contribution is 2.09. The van der Waals surface area contributed by atoms with Crippen molar-refractivity contribution in [3.63, 3.8) is 0 Å². The van der Waals surface area contributed by atoms with Crippen molar-refractivity contribution in [2.24, 2.45) is 0 Å². The van der Waals surface area contributed by atoms with Gasteiger partial charge in [-0.25, -0.2) is 0 Å². The zero-order chi connectivity index (χ0) is 9.97. The van der Waals surface area contributed by atoms with Crippen LogP contribution in [0, 0.1) is 0 Å². The largest absolute Gasteiger partial charge is 0.768 e. The molecule has 2 rings (SSSR count). The van der Waals surface area contributed by atoms with Crippen molar-refractivity contribution in [3.05, 3.63) is 36.7 Å². The summed E-state index contributed by atoms with van der Waals surface area (Å²) in [7, 11) is 0. The molecule has 14 heavy (non-hydrogen) atoms. The van der Waals surface area contributed by atoms with Gasteiger partial charge in [0.05, 0.1) is 18.1 Å². The fraction of sp³-hybridized carbons (Fsp3) is 0. The van der Waals surface area contributed by atoms with Gasteiger partial charge in [-0.2, -0.15) is 15.0 Å². The molecule has 2 aromatic rings. The number of hydrogen-bond acceptors (Lipinski definition) is 4. The number of benzene rings is 1. The molecule has 0 saturated carbocycles. The highest BCUT2D eigenvalue weighted by Gasteiger charge is 1.97. The van der Waals surface area contributed by atoms with E-state index in [0.717, 1.165) is 5.69 Å². The van der Waals surface area contributed by atoms with Gasteiger partial charge >= 0.3 is 0 Å². The lowest BCUT2D eigenvalue weighted by molar-refractivity contribution is 0.537. The van der Waals surface area contributed by atoms with Crippen LogP contribution in [0.2, 0.25) is 0 Å². The molecule has 1 unspecified atom stereocenters. The summed E-state index contributed by atoms with van der Waals surface area (Å²) in [6.07, 6.45) is 3.11. The van der Waals surface area contributed by atoms with Crippen molar-refractivity contribution >= 4 is 11.1 Å². The normalized spacial score (nSPS) is 12.6. The van der Waals surface area contributed by atoms with Gasteiger partial charge in [0.15, 0.2) is 0 Å². The zero-order valence-electron chi connectivity index (χ0n) is 7.03. The Morgan fingerprint density at radius 1 is 1.14 bits per heavy atom. The van der Waals surface area contributed by atoms with Crippen LogP contribution in [0.15, 0.2) is 41.6 Å². The first-order valence-electron chi connectivity index (χ1n) is 3.83. The van der Waals surface area contributed by atoms with E-state index in [1.54, 1.807) is 24.5 Å². The van der Waals surface area contributed by atoms with Crippen LogP contribution in [0.3, 0.4) is 0 Å². The van der Waals surface area contributed by atoms with E-state index in [1.165, 1.54) is 16.9 Å². The van der Waals surface area contributed by atoms with Gasteiger partial charge in [-0.1, -0.05) is 0 Å². The third-order valence-corrected chi connectivity index (χ3v) is 2.34. The number of hydrogen-bond donors (Lipinski definition) is 0. The van der Waals surface area contributed by atoms with Gasteiger partial charge in [0.25, 0.3) is 0 Å². The molecular weight excluding hydrogens is 202 g/mol. The van der Waals surface area contributed by atoms with Gasteiger partial charge in [-0.3, -0.25) is 4.21 Å². The second-order valence-corrected chi connectivity index (χ2v) is 3.49. The van der Waals surface area contributed by atoms with E-state index in [2.05, 4.69) is 10.2 Å². The maximum atomic E-state index is 10.6. The Labute approximate surface area is 82.7 Å². The first-order chi connectivity index (χ1) is 6.77. The summed E-state index contributed by atoms with van der Waals surface area (Å²) < 4.78 is 21.1. The van der Waals surface area contributed by atoms with Gasteiger partial charge in [-0.15, -0.1) is 0 Å². The predicted octanol–water partition coefficient (Wildman–Crippen LogP) is 0.505. The lowest BCUT2D eigenvalue weighted by Gasteiger charge is -2.05. The van der Waals surface area contributed by atoms with Gasteiger partial charge in [0, 0.05) is 4.90 Å². The van der Waals surface area contributed by atoms with E-state index < -0.39 is 11.1 Å². The van der Waals surface area contributed by atoms with Gasteiger partial charge in [0.1, 0.15) is 0 Å². The summed E-state index contributed by atoms with van der Waals surface area (Å²) in [5, 5.41) is 7.83. The Balaban J connectivity index is 2.36. The molecule has 72 valence electrons. The van der Waals surface area contributed by atoms with E-state index >= 15 is 0 Å². The van der Waals surface area contributed by atoms with Crippen LogP contribution in [0.5, 0.6) is 0 Å². The maximum absolute atomic E-state index is 10.6. The van der Waals surface area contributed by atoms with Gasteiger partial charge in [-0.05, 0) is 35.3 Å². The number of aromatic nitrogens is 3. The minimum absolute atomic E-state index is 0.251. The lowest BCUT2D eigenvalue weighted by atomic mass is 10.3. The fourth-order valence-corrected chi connectivity index (χ4v) is 1.40. The average Bonchev–Trinajstić information content (AvgIpc) is 2.71. The van der Waals surface area contributed by atoms with Crippen molar-refractivity contribution in [2.75, 3.05) is 0 Å². The molecule has 0 aliphatic rings. The van der Waals surface area contributed by atoms with Gasteiger partial charge < -0.3 is 4.55 Å². The summed E-state index contributed by atoms with van der Waals surface area (Å²) in [6.45, 7) is 0. The third kappa shape index (κ3) is 1.70. The molecule has 5 nitrogen and oxygen atoms in total. The molecule has 0 aliphatic heterocycles. The SMILES string of the molecule is O=S([O-])c1ccc(-n2nccn2)cc1. The molecule has 0 bridgehead atoms. The Hall–Kier alpha value is -1.53. The zero-order valence-corrected chi connectivity index (χ0v) is 7.85. The van der Waals surface area contributed by atoms with Crippen LogP contribution in [0.1, 0.15) is 0 Å². The van der Waals surface area contributed by atoms with Crippen molar-refractivity contribution in [1.82, 2.24) is 15.0 Å². The quantitative estimate of drug-likeness (QED) is 0.674. The number of nitrogens with zero attached hydrogens (tertiary/aromatic N) is 3. The summed E-state index contributed by atoms with van der Waals surface area (Å²) in [4.78, 5) is 1.67. The van der Waals surface area contributed by atoms with Crippen molar-refractivity contribution in [2.45, 2.75) is 4.90 Å². The Morgan fingerprint density at radius 2 is 1.71 bits per heavy atom. The first kappa shape index (κ1) is 9.04. The minimum Gasteiger partial charge on any atom is -0.768 e. The van der Waals surface area contributed by atoms with Crippen LogP contribution in [-0.2, 0) is 11.1 Å². The summed E-state index contributed by atoms with van der Waals surface area (Å²) in [5.74, 6) is 0. The summed E-state index contributed by atoms with van der Waals surface area (Å²) >= 11 is -2.18. The molecular formula is C8H6N3O2S-. The molecule has 1 aromatic carbocycles. The van der Waals surface area contributed by atoms with E-state index in [0.29, 0.717) is 0 Å². The Bertz CT molecular complexity index is 438. The molecule has 1 atom stereocenters. The van der Waals surface area contributed by atoms with Crippen LogP contribution in [-0.4, -0.2) is 23.8 Å². The van der Waals surface area contributed by atoms with Gasteiger partial charge in [0.2, 0.25) is 0 Å². The standard InChI is InChI=1S/C8H7N3O2S/c12-14(13)8-3-1-7(2-4-8)11-9-5-6-10-11/h1-6H,(H,12,13)/p-1. The smallest absolute Gasteiger partial charge is 0.0857 e. The second-order valence-electron chi connectivity index (χ2n) is 2.55. The Morgan fingerprint density at radius 3 is 2.21 bits per heavy atom. The second kappa shape index (κ2) is 3.69.